The number of hydrogen-bond acceptors (Lipinski definition) is 3. The molecule has 4 nitrogen and oxygen atoms in total. The lowest BCUT2D eigenvalue weighted by Crippen LogP contribution is -2.31. The number of aliphatic hydroxyl groups excluding tert-OH is 1. The Morgan fingerprint density at radius 1 is 1.47 bits per heavy atom. The molecule has 1 unspecified atom stereocenters. The lowest BCUT2D eigenvalue weighted by Gasteiger charge is -2.11. The molecular formula is C10H13ClN2O2. The Morgan fingerprint density at radius 3 is 2.60 bits per heavy atom. The van der Waals surface area contributed by atoms with Crippen molar-refractivity contribution >= 4 is 17.5 Å². The summed E-state index contributed by atoms with van der Waals surface area (Å²) in [7, 11) is 0. The molecule has 0 radical (unpaired) electrons. The van der Waals surface area contributed by atoms with Crippen LogP contribution >= 0.6 is 11.6 Å². The molecule has 5 heteroatoms. The number of nitrogens with two attached hydrogens (primary N) is 1. The smallest absolute Gasteiger partial charge is 0.231 e. The van der Waals surface area contributed by atoms with Gasteiger partial charge in [0.2, 0.25) is 5.91 Å². The SMILES string of the molecule is NC(=O)CNCC(O)c1ccc(Cl)cc1. The first-order chi connectivity index (χ1) is 7.09. The normalized spacial score (nSPS) is 12.4. The van der Waals surface area contributed by atoms with Gasteiger partial charge in [0.1, 0.15) is 0 Å². The first kappa shape index (κ1) is 12.0. The van der Waals surface area contributed by atoms with Gasteiger partial charge in [-0.1, -0.05) is 23.7 Å². The van der Waals surface area contributed by atoms with Crippen molar-refractivity contribution in [1.82, 2.24) is 5.32 Å². The van der Waals surface area contributed by atoms with Gasteiger partial charge in [0.15, 0.2) is 0 Å². The van der Waals surface area contributed by atoms with Crippen LogP contribution in [0.2, 0.25) is 5.02 Å². The number of benzene rings is 1. The predicted molar refractivity (Wildman–Crippen MR) is 58.5 cm³/mol. The second-order valence-electron chi connectivity index (χ2n) is 3.16. The number of hydrogen-bond donors (Lipinski definition) is 3. The minimum atomic E-state index is -0.665. The molecule has 82 valence electrons. The van der Waals surface area contributed by atoms with E-state index in [4.69, 9.17) is 17.3 Å². The van der Waals surface area contributed by atoms with Crippen molar-refractivity contribution in [3.63, 3.8) is 0 Å². The molecule has 15 heavy (non-hydrogen) atoms. The summed E-state index contributed by atoms with van der Waals surface area (Å²) in [5.41, 5.74) is 5.68. The summed E-state index contributed by atoms with van der Waals surface area (Å²) in [6.45, 7) is 0.342. The molecule has 0 aliphatic rings. The summed E-state index contributed by atoms with van der Waals surface area (Å²) >= 11 is 5.70. The summed E-state index contributed by atoms with van der Waals surface area (Å²) in [5.74, 6) is -0.446. The van der Waals surface area contributed by atoms with Crippen LogP contribution in [-0.2, 0) is 4.79 Å². The molecule has 0 fully saturated rings. The van der Waals surface area contributed by atoms with Gasteiger partial charge >= 0.3 is 0 Å². The molecule has 1 amide bonds. The van der Waals surface area contributed by atoms with Gasteiger partial charge in [0, 0.05) is 11.6 Å². The zero-order chi connectivity index (χ0) is 11.3. The molecule has 0 spiro atoms. The number of primary amides is 1. The van der Waals surface area contributed by atoms with Crippen LogP contribution in [0.15, 0.2) is 24.3 Å². The monoisotopic (exact) mass is 228 g/mol. The van der Waals surface area contributed by atoms with Crippen LogP contribution in [0.25, 0.3) is 0 Å². The third-order valence-corrected chi connectivity index (χ3v) is 2.14. The Balaban J connectivity index is 2.43. The molecule has 0 saturated carbocycles. The van der Waals surface area contributed by atoms with Crippen LogP contribution in [0.1, 0.15) is 11.7 Å². The van der Waals surface area contributed by atoms with Crippen molar-refractivity contribution in [2.75, 3.05) is 13.1 Å². The van der Waals surface area contributed by atoms with Gasteiger partial charge in [-0.05, 0) is 17.7 Å². The molecule has 1 aromatic carbocycles. The Labute approximate surface area is 93.0 Å². The second-order valence-corrected chi connectivity index (χ2v) is 3.60. The van der Waals surface area contributed by atoms with Crippen LogP contribution in [0.5, 0.6) is 0 Å². The van der Waals surface area contributed by atoms with E-state index in [1.165, 1.54) is 0 Å². The third-order valence-electron chi connectivity index (χ3n) is 1.89. The van der Waals surface area contributed by atoms with Crippen LogP contribution < -0.4 is 11.1 Å². The van der Waals surface area contributed by atoms with E-state index >= 15 is 0 Å². The fourth-order valence-electron chi connectivity index (χ4n) is 1.13. The Morgan fingerprint density at radius 2 is 2.07 bits per heavy atom. The minimum Gasteiger partial charge on any atom is -0.387 e. The molecule has 0 aliphatic heterocycles. The molecule has 0 aromatic heterocycles. The van der Waals surface area contributed by atoms with E-state index in [2.05, 4.69) is 5.32 Å². The minimum absolute atomic E-state index is 0.0602. The van der Waals surface area contributed by atoms with Gasteiger partial charge < -0.3 is 16.2 Å². The molecule has 0 bridgehead atoms. The van der Waals surface area contributed by atoms with Crippen molar-refractivity contribution in [2.45, 2.75) is 6.10 Å². The summed E-state index contributed by atoms with van der Waals surface area (Å²) in [5, 5.41) is 13.0. The van der Waals surface area contributed by atoms with Crippen LogP contribution in [0, 0.1) is 0 Å². The molecule has 0 aliphatic carbocycles. The van der Waals surface area contributed by atoms with Gasteiger partial charge in [-0.2, -0.15) is 0 Å². The first-order valence-corrected chi connectivity index (χ1v) is 4.90. The summed E-state index contributed by atoms with van der Waals surface area (Å²) < 4.78 is 0. The van der Waals surface area contributed by atoms with Crippen LogP contribution in [0.3, 0.4) is 0 Å². The van der Waals surface area contributed by atoms with E-state index in [1.807, 2.05) is 0 Å². The van der Waals surface area contributed by atoms with Gasteiger partial charge in [-0.15, -0.1) is 0 Å². The number of amides is 1. The number of carbonyl (C=O) groups excluding carboxylic acids is 1. The molecule has 0 saturated heterocycles. The lowest BCUT2D eigenvalue weighted by molar-refractivity contribution is -0.117. The van der Waals surface area contributed by atoms with E-state index in [1.54, 1.807) is 24.3 Å². The highest BCUT2D eigenvalue weighted by Crippen LogP contribution is 2.15. The Kier molecular flexibility index (Phi) is 4.55. The first-order valence-electron chi connectivity index (χ1n) is 4.52. The van der Waals surface area contributed by atoms with Crippen molar-refractivity contribution in [3.05, 3.63) is 34.9 Å². The highest BCUT2D eigenvalue weighted by molar-refractivity contribution is 6.30. The fraction of sp³-hybridized carbons (Fsp3) is 0.300. The summed E-state index contributed by atoms with van der Waals surface area (Å²) in [6.07, 6.45) is -0.665. The maximum Gasteiger partial charge on any atom is 0.231 e. The number of aliphatic hydroxyl groups is 1. The molecule has 1 atom stereocenters. The van der Waals surface area contributed by atoms with Crippen molar-refractivity contribution < 1.29 is 9.90 Å². The number of nitrogens with one attached hydrogen (secondary N) is 1. The van der Waals surface area contributed by atoms with Crippen molar-refractivity contribution in [3.8, 4) is 0 Å². The van der Waals surface area contributed by atoms with E-state index in [0.717, 1.165) is 5.56 Å². The van der Waals surface area contributed by atoms with E-state index < -0.39 is 12.0 Å². The zero-order valence-corrected chi connectivity index (χ0v) is 8.87. The highest BCUT2D eigenvalue weighted by atomic mass is 35.5. The lowest BCUT2D eigenvalue weighted by atomic mass is 10.1. The summed E-state index contributed by atoms with van der Waals surface area (Å²) in [6, 6.07) is 6.88. The van der Waals surface area contributed by atoms with Crippen LogP contribution in [0.4, 0.5) is 0 Å². The fourth-order valence-corrected chi connectivity index (χ4v) is 1.26. The average Bonchev–Trinajstić information content (AvgIpc) is 2.18. The van der Waals surface area contributed by atoms with Gasteiger partial charge in [-0.25, -0.2) is 0 Å². The van der Waals surface area contributed by atoms with E-state index in [0.29, 0.717) is 5.02 Å². The van der Waals surface area contributed by atoms with Crippen molar-refractivity contribution in [1.29, 1.82) is 0 Å². The Hall–Kier alpha value is -1.10. The molecule has 0 heterocycles. The Bertz CT molecular complexity index is 327. The number of halogens is 1. The van der Waals surface area contributed by atoms with Gasteiger partial charge in [0.05, 0.1) is 12.6 Å². The van der Waals surface area contributed by atoms with E-state index in [-0.39, 0.29) is 13.1 Å². The quantitative estimate of drug-likeness (QED) is 0.685. The molecule has 1 rings (SSSR count). The second kappa shape index (κ2) is 5.70. The number of carbonyl (C=O) groups is 1. The maximum atomic E-state index is 10.4. The van der Waals surface area contributed by atoms with Gasteiger partial charge in [0.25, 0.3) is 0 Å². The standard InChI is InChI=1S/C10H13ClN2O2/c11-8-3-1-7(2-4-8)9(14)5-13-6-10(12)15/h1-4,9,13-14H,5-6H2,(H2,12,15). The molecule has 1 aromatic rings. The molecular weight excluding hydrogens is 216 g/mol. The molecule has 4 N–H and O–H groups in total. The largest absolute Gasteiger partial charge is 0.387 e. The van der Waals surface area contributed by atoms with Crippen LogP contribution in [-0.4, -0.2) is 24.1 Å². The highest BCUT2D eigenvalue weighted by Gasteiger charge is 2.06. The zero-order valence-electron chi connectivity index (χ0n) is 8.11. The maximum absolute atomic E-state index is 10.4. The topological polar surface area (TPSA) is 75.4 Å². The van der Waals surface area contributed by atoms with E-state index in [9.17, 15) is 9.90 Å². The van der Waals surface area contributed by atoms with Crippen molar-refractivity contribution in [2.24, 2.45) is 5.73 Å². The average molecular weight is 229 g/mol. The van der Waals surface area contributed by atoms with Gasteiger partial charge in [-0.3, -0.25) is 4.79 Å². The third kappa shape index (κ3) is 4.29. The number of rotatable bonds is 5. The summed E-state index contributed by atoms with van der Waals surface area (Å²) in [4.78, 5) is 10.4. The predicted octanol–water partition coefficient (Wildman–Crippen LogP) is 0.448.